The Morgan fingerprint density at radius 2 is 1.46 bits per heavy atom. The molecule has 1 heterocycles. The number of nitrogens with one attached hydrogen (secondary N) is 1. The SMILES string of the molecule is CC1(c2ccc3ccccc3c2)NC(=O)N(CC(=O)N(Cc2ccccc2)c2ccccc2)C1=O. The molecule has 0 saturated carbocycles. The normalized spacial score (nSPS) is 17.5. The molecule has 0 radical (unpaired) electrons. The van der Waals surface area contributed by atoms with Gasteiger partial charge in [0.25, 0.3) is 5.91 Å². The molecule has 1 aliphatic heterocycles. The molecule has 0 bridgehead atoms. The van der Waals surface area contributed by atoms with E-state index in [1.54, 1.807) is 11.8 Å². The summed E-state index contributed by atoms with van der Waals surface area (Å²) in [5.41, 5.74) is 1.07. The van der Waals surface area contributed by atoms with E-state index in [1.807, 2.05) is 103 Å². The van der Waals surface area contributed by atoms with Crippen molar-refractivity contribution < 1.29 is 14.4 Å². The second kappa shape index (κ2) is 9.06. The van der Waals surface area contributed by atoms with Crippen LogP contribution in [0.1, 0.15) is 18.1 Å². The van der Waals surface area contributed by atoms with Gasteiger partial charge >= 0.3 is 6.03 Å². The molecule has 1 aliphatic rings. The smallest absolute Gasteiger partial charge is 0.319 e. The first-order valence-corrected chi connectivity index (χ1v) is 11.5. The molecular weight excluding hydrogens is 438 g/mol. The third kappa shape index (κ3) is 4.26. The number of carbonyl (C=O) groups excluding carboxylic acids is 3. The molecule has 6 nitrogen and oxygen atoms in total. The van der Waals surface area contributed by atoms with Crippen LogP contribution in [0.2, 0.25) is 0 Å². The van der Waals surface area contributed by atoms with Gasteiger partial charge in [-0.1, -0.05) is 84.9 Å². The Morgan fingerprint density at radius 1 is 0.829 bits per heavy atom. The van der Waals surface area contributed by atoms with Crippen LogP contribution in [0.4, 0.5) is 10.5 Å². The van der Waals surface area contributed by atoms with E-state index in [0.29, 0.717) is 17.8 Å². The van der Waals surface area contributed by atoms with Crippen LogP contribution in [-0.4, -0.2) is 29.3 Å². The first kappa shape index (κ1) is 22.3. The van der Waals surface area contributed by atoms with Crippen molar-refractivity contribution in [3.8, 4) is 0 Å². The van der Waals surface area contributed by atoms with Gasteiger partial charge in [0.15, 0.2) is 0 Å². The van der Waals surface area contributed by atoms with Crippen molar-refractivity contribution in [2.75, 3.05) is 11.4 Å². The average Bonchev–Trinajstić information content (AvgIpc) is 3.11. The Kier molecular flexibility index (Phi) is 5.79. The number of urea groups is 1. The topological polar surface area (TPSA) is 69.7 Å². The third-order valence-electron chi connectivity index (χ3n) is 6.45. The Labute approximate surface area is 203 Å². The number of amides is 4. The molecule has 4 amide bonds. The molecule has 174 valence electrons. The summed E-state index contributed by atoms with van der Waals surface area (Å²) in [6.45, 7) is 1.66. The van der Waals surface area contributed by atoms with E-state index in [-0.39, 0.29) is 12.5 Å². The molecule has 1 saturated heterocycles. The zero-order valence-electron chi connectivity index (χ0n) is 19.3. The highest BCUT2D eigenvalue weighted by Gasteiger charge is 2.49. The van der Waals surface area contributed by atoms with Gasteiger partial charge in [-0.2, -0.15) is 0 Å². The van der Waals surface area contributed by atoms with Crippen molar-refractivity contribution in [2.24, 2.45) is 0 Å². The Hall–Kier alpha value is -4.45. The Bertz CT molecular complexity index is 1400. The Morgan fingerprint density at radius 3 is 2.17 bits per heavy atom. The molecule has 4 aromatic carbocycles. The number of anilines is 1. The van der Waals surface area contributed by atoms with Crippen LogP contribution >= 0.6 is 0 Å². The molecule has 1 unspecified atom stereocenters. The van der Waals surface area contributed by atoms with E-state index in [1.165, 1.54) is 0 Å². The number of fused-ring (bicyclic) bond motifs is 1. The van der Waals surface area contributed by atoms with E-state index in [4.69, 9.17) is 0 Å². The summed E-state index contributed by atoms with van der Waals surface area (Å²) in [6, 6.07) is 31.8. The standard InChI is InChI=1S/C29H25N3O3/c1-29(24-17-16-22-12-8-9-13-23(22)18-24)27(34)32(28(35)30-29)20-26(33)31(25-14-6-3-7-15-25)19-21-10-4-2-5-11-21/h2-18H,19-20H2,1H3,(H,30,35). The number of imide groups is 1. The number of benzene rings is 4. The summed E-state index contributed by atoms with van der Waals surface area (Å²) in [5.74, 6) is -0.787. The average molecular weight is 464 g/mol. The first-order valence-electron chi connectivity index (χ1n) is 11.5. The van der Waals surface area contributed by atoms with E-state index in [9.17, 15) is 14.4 Å². The predicted molar refractivity (Wildman–Crippen MR) is 136 cm³/mol. The van der Waals surface area contributed by atoms with Crippen molar-refractivity contribution in [3.05, 3.63) is 114 Å². The second-order valence-corrected chi connectivity index (χ2v) is 8.81. The lowest BCUT2D eigenvalue weighted by Crippen LogP contribution is -2.44. The van der Waals surface area contributed by atoms with Crippen molar-refractivity contribution in [3.63, 3.8) is 0 Å². The minimum Gasteiger partial charge on any atom is -0.319 e. The lowest BCUT2D eigenvalue weighted by molar-refractivity contribution is -0.134. The van der Waals surface area contributed by atoms with E-state index in [2.05, 4.69) is 5.32 Å². The number of para-hydroxylation sites is 1. The minimum absolute atomic E-state index is 0.329. The maximum atomic E-state index is 13.5. The van der Waals surface area contributed by atoms with Crippen LogP contribution in [0.15, 0.2) is 103 Å². The number of rotatable bonds is 6. The van der Waals surface area contributed by atoms with Crippen LogP contribution < -0.4 is 10.2 Å². The highest BCUT2D eigenvalue weighted by atomic mass is 16.2. The van der Waals surface area contributed by atoms with Gasteiger partial charge < -0.3 is 10.2 Å². The maximum absolute atomic E-state index is 13.5. The monoisotopic (exact) mass is 463 g/mol. The van der Waals surface area contributed by atoms with E-state index in [0.717, 1.165) is 21.2 Å². The van der Waals surface area contributed by atoms with Gasteiger partial charge in [-0.25, -0.2) is 4.79 Å². The quantitative estimate of drug-likeness (QED) is 0.416. The summed E-state index contributed by atoms with van der Waals surface area (Å²) in [4.78, 5) is 42.5. The number of hydrogen-bond donors (Lipinski definition) is 1. The molecule has 1 atom stereocenters. The van der Waals surface area contributed by atoms with E-state index >= 15 is 0 Å². The summed E-state index contributed by atoms with van der Waals surface area (Å²) in [7, 11) is 0. The highest BCUT2D eigenvalue weighted by molar-refractivity contribution is 6.10. The minimum atomic E-state index is -1.25. The van der Waals surface area contributed by atoms with Gasteiger partial charge in [-0.15, -0.1) is 0 Å². The fourth-order valence-electron chi connectivity index (χ4n) is 4.45. The van der Waals surface area contributed by atoms with Crippen molar-refractivity contribution in [1.82, 2.24) is 10.2 Å². The lowest BCUT2D eigenvalue weighted by Gasteiger charge is -2.26. The summed E-state index contributed by atoms with van der Waals surface area (Å²) in [6.07, 6.45) is 0. The largest absolute Gasteiger partial charge is 0.325 e. The van der Waals surface area contributed by atoms with Crippen molar-refractivity contribution in [2.45, 2.75) is 19.0 Å². The summed E-state index contributed by atoms with van der Waals surface area (Å²) < 4.78 is 0. The van der Waals surface area contributed by atoms with Crippen LogP contribution in [0.3, 0.4) is 0 Å². The fraction of sp³-hybridized carbons (Fsp3) is 0.138. The van der Waals surface area contributed by atoms with Crippen LogP contribution in [-0.2, 0) is 21.7 Å². The van der Waals surface area contributed by atoms with Crippen molar-refractivity contribution in [1.29, 1.82) is 0 Å². The number of nitrogens with zero attached hydrogens (tertiary/aromatic N) is 2. The van der Waals surface area contributed by atoms with Gasteiger partial charge in [-0.05, 0) is 47.0 Å². The van der Waals surface area contributed by atoms with Gasteiger partial charge in [0, 0.05) is 5.69 Å². The van der Waals surface area contributed by atoms with Gasteiger partial charge in [0.2, 0.25) is 5.91 Å². The maximum Gasteiger partial charge on any atom is 0.325 e. The molecule has 5 rings (SSSR count). The molecule has 0 spiro atoms. The molecule has 35 heavy (non-hydrogen) atoms. The summed E-state index contributed by atoms with van der Waals surface area (Å²) in [5, 5.41) is 4.83. The van der Waals surface area contributed by atoms with Gasteiger partial charge in [0.05, 0.1) is 6.54 Å². The van der Waals surface area contributed by atoms with Crippen LogP contribution in [0.25, 0.3) is 10.8 Å². The number of carbonyl (C=O) groups is 3. The van der Waals surface area contributed by atoms with E-state index < -0.39 is 17.5 Å². The molecule has 6 heteroatoms. The lowest BCUT2D eigenvalue weighted by atomic mass is 9.90. The van der Waals surface area contributed by atoms with Crippen LogP contribution in [0, 0.1) is 0 Å². The molecule has 0 aliphatic carbocycles. The van der Waals surface area contributed by atoms with Gasteiger partial charge in [-0.3, -0.25) is 14.5 Å². The molecule has 0 aromatic heterocycles. The summed E-state index contributed by atoms with van der Waals surface area (Å²) >= 11 is 0. The second-order valence-electron chi connectivity index (χ2n) is 8.81. The predicted octanol–water partition coefficient (Wildman–Crippen LogP) is 4.84. The third-order valence-corrected chi connectivity index (χ3v) is 6.45. The van der Waals surface area contributed by atoms with Crippen LogP contribution in [0.5, 0.6) is 0 Å². The molecule has 4 aromatic rings. The van der Waals surface area contributed by atoms with Gasteiger partial charge in [0.1, 0.15) is 12.1 Å². The molecule has 1 N–H and O–H groups in total. The number of hydrogen-bond acceptors (Lipinski definition) is 3. The zero-order chi connectivity index (χ0) is 24.4. The first-order chi connectivity index (χ1) is 17.0. The highest BCUT2D eigenvalue weighted by Crippen LogP contribution is 2.31. The fourth-order valence-corrected chi connectivity index (χ4v) is 4.45. The molecule has 1 fully saturated rings. The Balaban J connectivity index is 1.41. The van der Waals surface area contributed by atoms with Crippen molar-refractivity contribution >= 4 is 34.3 Å². The zero-order valence-corrected chi connectivity index (χ0v) is 19.3. The molecular formula is C29H25N3O3.